The third kappa shape index (κ3) is 2.53. The number of urea groups is 1. The highest BCUT2D eigenvalue weighted by molar-refractivity contribution is 7.99. The number of hydrogen-bond donors (Lipinski definition) is 2. The van der Waals surface area contributed by atoms with Crippen molar-refractivity contribution in [2.24, 2.45) is 5.41 Å². The first kappa shape index (κ1) is 14.5. The van der Waals surface area contributed by atoms with Crippen LogP contribution >= 0.6 is 11.8 Å². The largest absolute Gasteiger partial charge is 0.480 e. The Morgan fingerprint density at radius 1 is 1.47 bits per heavy atom. The highest BCUT2D eigenvalue weighted by Crippen LogP contribution is 2.42. The number of rotatable bonds is 3. The zero-order valence-corrected chi connectivity index (χ0v) is 12.2. The van der Waals surface area contributed by atoms with Gasteiger partial charge < -0.3 is 20.1 Å². The molecule has 19 heavy (non-hydrogen) atoms. The Kier molecular flexibility index (Phi) is 3.96. The maximum atomic E-state index is 12.1. The second kappa shape index (κ2) is 5.20. The van der Waals surface area contributed by atoms with Gasteiger partial charge in [-0.2, -0.15) is 0 Å². The number of ether oxygens (including phenoxy) is 1. The summed E-state index contributed by atoms with van der Waals surface area (Å²) in [6.07, 6.45) is 0.912. The fourth-order valence-corrected chi connectivity index (χ4v) is 3.75. The molecule has 2 aliphatic rings. The average Bonchev–Trinajstić information content (AvgIpc) is 2.82. The molecule has 1 heterocycles. The molecule has 108 valence electrons. The van der Waals surface area contributed by atoms with Crippen LogP contribution in [-0.2, 0) is 9.53 Å². The van der Waals surface area contributed by atoms with E-state index in [-0.39, 0.29) is 23.6 Å². The van der Waals surface area contributed by atoms with Gasteiger partial charge in [-0.1, -0.05) is 13.8 Å². The molecule has 0 aromatic carbocycles. The molecular weight excluding hydrogens is 268 g/mol. The molecule has 1 aliphatic carbocycles. The second-order valence-electron chi connectivity index (χ2n) is 5.61. The van der Waals surface area contributed by atoms with Crippen molar-refractivity contribution in [2.75, 3.05) is 18.7 Å². The predicted molar refractivity (Wildman–Crippen MR) is 72.1 cm³/mol. The minimum Gasteiger partial charge on any atom is -0.480 e. The van der Waals surface area contributed by atoms with Gasteiger partial charge >= 0.3 is 12.0 Å². The molecule has 2 unspecified atom stereocenters. The molecule has 1 saturated carbocycles. The number of hydrogen-bond acceptors (Lipinski definition) is 4. The van der Waals surface area contributed by atoms with Crippen molar-refractivity contribution >= 4 is 23.8 Å². The van der Waals surface area contributed by atoms with Crippen LogP contribution < -0.4 is 5.32 Å². The number of carbonyl (C=O) groups excluding carboxylic acids is 1. The van der Waals surface area contributed by atoms with Crippen molar-refractivity contribution in [1.82, 2.24) is 10.2 Å². The number of thioether (sulfide) groups is 1. The Morgan fingerprint density at radius 3 is 2.68 bits per heavy atom. The Bertz CT molecular complexity index is 388. The lowest BCUT2D eigenvalue weighted by Gasteiger charge is -2.51. The van der Waals surface area contributed by atoms with E-state index in [4.69, 9.17) is 9.84 Å². The van der Waals surface area contributed by atoms with Crippen molar-refractivity contribution in [2.45, 2.75) is 38.5 Å². The summed E-state index contributed by atoms with van der Waals surface area (Å²) in [7, 11) is 1.67. The van der Waals surface area contributed by atoms with Gasteiger partial charge in [-0.25, -0.2) is 9.59 Å². The normalized spacial score (nSPS) is 32.8. The lowest BCUT2D eigenvalue weighted by Crippen LogP contribution is -2.64. The molecule has 3 atom stereocenters. The van der Waals surface area contributed by atoms with E-state index in [2.05, 4.69) is 5.32 Å². The fourth-order valence-electron chi connectivity index (χ4n) is 2.61. The number of carboxylic acid groups (broad SMARTS) is 1. The Hall–Kier alpha value is -0.950. The summed E-state index contributed by atoms with van der Waals surface area (Å²) in [5, 5.41) is 12.0. The van der Waals surface area contributed by atoms with Crippen molar-refractivity contribution in [3.8, 4) is 0 Å². The smallest absolute Gasteiger partial charge is 0.327 e. The van der Waals surface area contributed by atoms with Gasteiger partial charge in [-0.05, 0) is 6.42 Å². The van der Waals surface area contributed by atoms with Gasteiger partial charge in [0.1, 0.15) is 6.04 Å². The molecule has 2 amide bonds. The molecule has 0 bridgehead atoms. The van der Waals surface area contributed by atoms with E-state index in [1.165, 1.54) is 16.7 Å². The summed E-state index contributed by atoms with van der Waals surface area (Å²) < 4.78 is 5.33. The molecule has 1 aliphatic heterocycles. The van der Waals surface area contributed by atoms with Gasteiger partial charge in [0.05, 0.1) is 12.0 Å². The quantitative estimate of drug-likeness (QED) is 0.809. The highest BCUT2D eigenvalue weighted by Gasteiger charge is 2.50. The van der Waals surface area contributed by atoms with Crippen LogP contribution in [0.25, 0.3) is 0 Å². The molecule has 1 saturated heterocycles. The molecule has 2 N–H and O–H groups in total. The lowest BCUT2D eigenvalue weighted by atomic mass is 9.64. The van der Waals surface area contributed by atoms with Crippen LogP contribution in [0.4, 0.5) is 4.79 Å². The first-order valence-electron chi connectivity index (χ1n) is 6.28. The third-order valence-electron chi connectivity index (χ3n) is 4.19. The van der Waals surface area contributed by atoms with Crippen LogP contribution in [0.15, 0.2) is 0 Å². The maximum Gasteiger partial charge on any atom is 0.327 e. The van der Waals surface area contributed by atoms with Crippen molar-refractivity contribution in [3.05, 3.63) is 0 Å². The number of nitrogens with one attached hydrogen (secondary N) is 1. The zero-order chi connectivity index (χ0) is 14.2. The fraction of sp³-hybridized carbons (Fsp3) is 0.833. The summed E-state index contributed by atoms with van der Waals surface area (Å²) >= 11 is 1.46. The van der Waals surface area contributed by atoms with Gasteiger partial charge in [0.15, 0.2) is 0 Å². The number of amides is 2. The molecule has 2 rings (SSSR count). The second-order valence-corrected chi connectivity index (χ2v) is 6.61. The van der Waals surface area contributed by atoms with E-state index < -0.39 is 12.0 Å². The highest BCUT2D eigenvalue weighted by atomic mass is 32.2. The average molecular weight is 288 g/mol. The van der Waals surface area contributed by atoms with Crippen LogP contribution in [0.3, 0.4) is 0 Å². The van der Waals surface area contributed by atoms with Crippen molar-refractivity contribution < 1.29 is 19.4 Å². The summed E-state index contributed by atoms with van der Waals surface area (Å²) in [6.45, 7) is 4.09. The van der Waals surface area contributed by atoms with Gasteiger partial charge in [0.25, 0.3) is 0 Å². The standard InChI is InChI=1S/C12H20N2O4S/c1-12(2)8(4-9(12)18-3)13-11(17)14-6-19-5-7(14)10(15)16/h7-9H,4-6H2,1-3H3,(H,13,17)(H,15,16)/t7-,8?,9?/m0/s1. The SMILES string of the molecule is COC1CC(NC(=O)N2CSC[C@H]2C(=O)O)C1(C)C. The molecule has 6 nitrogen and oxygen atoms in total. The van der Waals surface area contributed by atoms with E-state index in [0.29, 0.717) is 11.6 Å². The molecule has 0 aromatic rings. The molecule has 7 heteroatoms. The third-order valence-corrected chi connectivity index (χ3v) is 5.20. The predicted octanol–water partition coefficient (Wildman–Crippen LogP) is 0.969. The van der Waals surface area contributed by atoms with Crippen LogP contribution in [0.1, 0.15) is 20.3 Å². The summed E-state index contributed by atoms with van der Waals surface area (Å²) in [5.41, 5.74) is -0.115. The topological polar surface area (TPSA) is 78.9 Å². The molecule has 2 fully saturated rings. The molecule has 0 aromatic heterocycles. The Labute approximate surface area is 116 Å². The minimum atomic E-state index is -0.942. The molecule has 0 radical (unpaired) electrons. The Balaban J connectivity index is 1.94. The number of carbonyl (C=O) groups is 2. The van der Waals surface area contributed by atoms with E-state index in [1.807, 2.05) is 13.8 Å². The number of aliphatic carboxylic acids is 1. The van der Waals surface area contributed by atoms with Gasteiger partial charge in [0.2, 0.25) is 0 Å². The summed E-state index contributed by atoms with van der Waals surface area (Å²) in [4.78, 5) is 24.6. The van der Waals surface area contributed by atoms with Crippen LogP contribution in [0, 0.1) is 5.41 Å². The van der Waals surface area contributed by atoms with Crippen LogP contribution in [0.5, 0.6) is 0 Å². The number of nitrogens with zero attached hydrogens (tertiary/aromatic N) is 1. The molecule has 0 spiro atoms. The first-order chi connectivity index (χ1) is 8.87. The van der Waals surface area contributed by atoms with Gasteiger partial charge in [-0.15, -0.1) is 11.8 Å². The van der Waals surface area contributed by atoms with Gasteiger partial charge in [0, 0.05) is 24.3 Å². The number of methoxy groups -OCH3 is 1. The van der Waals surface area contributed by atoms with Crippen molar-refractivity contribution in [3.63, 3.8) is 0 Å². The van der Waals surface area contributed by atoms with E-state index in [9.17, 15) is 9.59 Å². The van der Waals surface area contributed by atoms with E-state index >= 15 is 0 Å². The minimum absolute atomic E-state index is 0.0324. The maximum absolute atomic E-state index is 12.1. The lowest BCUT2D eigenvalue weighted by molar-refractivity contribution is -0.140. The number of carboxylic acids is 1. The summed E-state index contributed by atoms with van der Waals surface area (Å²) in [5.74, 6) is -0.0518. The summed E-state index contributed by atoms with van der Waals surface area (Å²) in [6, 6.07) is -0.971. The zero-order valence-electron chi connectivity index (χ0n) is 11.4. The van der Waals surface area contributed by atoms with E-state index in [1.54, 1.807) is 7.11 Å². The van der Waals surface area contributed by atoms with Crippen LogP contribution in [0.2, 0.25) is 0 Å². The van der Waals surface area contributed by atoms with Gasteiger partial charge in [-0.3, -0.25) is 0 Å². The first-order valence-corrected chi connectivity index (χ1v) is 7.44. The molecular formula is C12H20N2O4S. The van der Waals surface area contributed by atoms with Crippen LogP contribution in [-0.4, -0.2) is 58.9 Å². The van der Waals surface area contributed by atoms with Crippen molar-refractivity contribution in [1.29, 1.82) is 0 Å². The monoisotopic (exact) mass is 288 g/mol. The van der Waals surface area contributed by atoms with E-state index in [0.717, 1.165) is 6.42 Å². The Morgan fingerprint density at radius 2 is 2.16 bits per heavy atom.